The number of methoxy groups -OCH3 is 2. The summed E-state index contributed by atoms with van der Waals surface area (Å²) in [5.41, 5.74) is 0. The van der Waals surface area contributed by atoms with Crippen LogP contribution in [0.4, 0.5) is 0 Å². The van der Waals surface area contributed by atoms with Gasteiger partial charge in [0.15, 0.2) is 0 Å². The molecule has 0 N–H and O–H groups in total. The van der Waals surface area contributed by atoms with Gasteiger partial charge in [0.05, 0.1) is 13.2 Å². The topological polar surface area (TPSA) is 39.5 Å². The first-order valence-electron chi connectivity index (χ1n) is 7.06. The average Bonchev–Trinajstić information content (AvgIpc) is 2.91. The molecule has 5 heteroatoms. The van der Waals surface area contributed by atoms with E-state index in [9.17, 15) is 0 Å². The van der Waals surface area contributed by atoms with Crippen LogP contribution in [-0.4, -0.2) is 61.5 Å². The van der Waals surface area contributed by atoms with Gasteiger partial charge in [-0.15, -0.1) is 0 Å². The number of piperidine rings is 1. The normalized spacial score (nSPS) is 20.8. The Morgan fingerprint density at radius 2 is 2.05 bits per heavy atom. The Labute approximate surface area is 115 Å². The molecule has 1 atom stereocenters. The molecule has 1 saturated heterocycles. The monoisotopic (exact) mass is 267 g/mol. The SMILES string of the molecule is COCCN1CCC[C@@H](c2nccn2CCOC)C1. The second-order valence-corrected chi connectivity index (χ2v) is 5.10. The van der Waals surface area contributed by atoms with Crippen molar-refractivity contribution >= 4 is 0 Å². The molecule has 0 spiro atoms. The molecular formula is C14H25N3O2. The smallest absolute Gasteiger partial charge is 0.113 e. The first kappa shape index (κ1) is 14.5. The molecule has 5 nitrogen and oxygen atoms in total. The van der Waals surface area contributed by atoms with Crippen LogP contribution in [0.25, 0.3) is 0 Å². The maximum absolute atomic E-state index is 5.17. The van der Waals surface area contributed by atoms with Crippen LogP contribution in [0.1, 0.15) is 24.6 Å². The van der Waals surface area contributed by atoms with Crippen LogP contribution < -0.4 is 0 Å². The second kappa shape index (κ2) is 7.62. The highest BCUT2D eigenvalue weighted by atomic mass is 16.5. The maximum Gasteiger partial charge on any atom is 0.113 e. The summed E-state index contributed by atoms with van der Waals surface area (Å²) in [7, 11) is 3.50. The van der Waals surface area contributed by atoms with Crippen molar-refractivity contribution in [2.75, 3.05) is 47.1 Å². The minimum Gasteiger partial charge on any atom is -0.383 e. The quantitative estimate of drug-likeness (QED) is 0.748. The highest BCUT2D eigenvalue weighted by Gasteiger charge is 2.24. The number of hydrogen-bond donors (Lipinski definition) is 0. The summed E-state index contributed by atoms with van der Waals surface area (Å²) in [5, 5.41) is 0. The summed E-state index contributed by atoms with van der Waals surface area (Å²) in [6, 6.07) is 0. The molecule has 0 bridgehead atoms. The largest absolute Gasteiger partial charge is 0.383 e. The standard InChI is InChI=1S/C14H25N3O2/c1-18-10-8-16-6-3-4-13(12-16)14-15-5-7-17(14)9-11-19-2/h5,7,13H,3-4,6,8-12H2,1-2H3/t13-/m1/s1. The Morgan fingerprint density at radius 3 is 2.84 bits per heavy atom. The Hall–Kier alpha value is -0.910. The Bertz CT molecular complexity index is 367. The van der Waals surface area contributed by atoms with Crippen molar-refractivity contribution in [3.63, 3.8) is 0 Å². The Kier molecular flexibility index (Phi) is 5.82. The lowest BCUT2D eigenvalue weighted by Gasteiger charge is -2.32. The summed E-state index contributed by atoms with van der Waals surface area (Å²) in [6.07, 6.45) is 6.43. The molecule has 1 aromatic heterocycles. The third-order valence-corrected chi connectivity index (χ3v) is 3.77. The number of nitrogens with zero attached hydrogens (tertiary/aromatic N) is 3. The van der Waals surface area contributed by atoms with E-state index in [4.69, 9.17) is 9.47 Å². The van der Waals surface area contributed by atoms with Crippen molar-refractivity contribution in [1.29, 1.82) is 0 Å². The fourth-order valence-corrected chi connectivity index (χ4v) is 2.75. The van der Waals surface area contributed by atoms with E-state index in [1.807, 2.05) is 6.20 Å². The summed E-state index contributed by atoms with van der Waals surface area (Å²) in [4.78, 5) is 7.04. The van der Waals surface area contributed by atoms with Crippen molar-refractivity contribution in [3.05, 3.63) is 18.2 Å². The molecule has 1 aromatic rings. The molecule has 0 aromatic carbocycles. The predicted molar refractivity (Wildman–Crippen MR) is 74.4 cm³/mol. The lowest BCUT2D eigenvalue weighted by molar-refractivity contribution is 0.126. The van der Waals surface area contributed by atoms with E-state index in [2.05, 4.69) is 20.6 Å². The van der Waals surface area contributed by atoms with E-state index in [1.54, 1.807) is 14.2 Å². The van der Waals surface area contributed by atoms with Gasteiger partial charge in [0.2, 0.25) is 0 Å². The third kappa shape index (κ3) is 4.03. The van der Waals surface area contributed by atoms with Gasteiger partial charge in [-0.05, 0) is 19.4 Å². The molecule has 2 rings (SSSR count). The van der Waals surface area contributed by atoms with Crippen LogP contribution in [0.3, 0.4) is 0 Å². The number of rotatable bonds is 7. The van der Waals surface area contributed by atoms with Crippen molar-refractivity contribution in [3.8, 4) is 0 Å². The summed E-state index contributed by atoms with van der Waals surface area (Å²) < 4.78 is 12.6. The maximum atomic E-state index is 5.17. The minimum atomic E-state index is 0.539. The summed E-state index contributed by atoms with van der Waals surface area (Å²) in [5.74, 6) is 1.75. The molecule has 0 unspecified atom stereocenters. The lowest BCUT2D eigenvalue weighted by atomic mass is 9.97. The number of imidazole rings is 1. The molecule has 108 valence electrons. The van der Waals surface area contributed by atoms with Gasteiger partial charge in [0.25, 0.3) is 0 Å². The molecule has 0 aliphatic carbocycles. The van der Waals surface area contributed by atoms with Crippen LogP contribution in [0.15, 0.2) is 12.4 Å². The highest BCUT2D eigenvalue weighted by Crippen LogP contribution is 2.25. The molecule has 1 aliphatic rings. The Balaban J connectivity index is 1.94. The van der Waals surface area contributed by atoms with Crippen molar-refractivity contribution in [1.82, 2.24) is 14.5 Å². The molecule has 19 heavy (non-hydrogen) atoms. The van der Waals surface area contributed by atoms with Crippen molar-refractivity contribution < 1.29 is 9.47 Å². The molecular weight excluding hydrogens is 242 g/mol. The Morgan fingerprint density at radius 1 is 1.26 bits per heavy atom. The fourth-order valence-electron chi connectivity index (χ4n) is 2.75. The van der Waals surface area contributed by atoms with Crippen LogP contribution in [-0.2, 0) is 16.0 Å². The van der Waals surface area contributed by atoms with Gasteiger partial charge >= 0.3 is 0 Å². The van der Waals surface area contributed by atoms with Gasteiger partial charge in [0, 0.05) is 52.2 Å². The summed E-state index contributed by atoms with van der Waals surface area (Å²) in [6.45, 7) is 5.73. The zero-order valence-corrected chi connectivity index (χ0v) is 12.0. The second-order valence-electron chi connectivity index (χ2n) is 5.10. The van der Waals surface area contributed by atoms with Gasteiger partial charge in [-0.1, -0.05) is 0 Å². The van der Waals surface area contributed by atoms with Gasteiger partial charge in [0.1, 0.15) is 5.82 Å². The number of hydrogen-bond acceptors (Lipinski definition) is 4. The van der Waals surface area contributed by atoms with E-state index >= 15 is 0 Å². The molecule has 0 radical (unpaired) electrons. The van der Waals surface area contributed by atoms with Gasteiger partial charge < -0.3 is 18.9 Å². The number of likely N-dealkylation sites (tertiary alicyclic amines) is 1. The molecule has 1 aliphatic heterocycles. The van der Waals surface area contributed by atoms with Crippen molar-refractivity contribution in [2.45, 2.75) is 25.3 Å². The molecule has 0 amide bonds. The van der Waals surface area contributed by atoms with Gasteiger partial charge in [-0.25, -0.2) is 4.98 Å². The van der Waals surface area contributed by atoms with Crippen LogP contribution in [0, 0.1) is 0 Å². The minimum absolute atomic E-state index is 0.539. The summed E-state index contributed by atoms with van der Waals surface area (Å²) >= 11 is 0. The first-order chi connectivity index (χ1) is 9.35. The van der Waals surface area contributed by atoms with Crippen molar-refractivity contribution in [2.24, 2.45) is 0 Å². The van der Waals surface area contributed by atoms with E-state index in [0.717, 1.165) is 32.8 Å². The van der Waals surface area contributed by atoms with E-state index in [0.29, 0.717) is 5.92 Å². The molecule has 0 saturated carbocycles. The molecule has 1 fully saturated rings. The van der Waals surface area contributed by atoms with Gasteiger partial charge in [-0.3, -0.25) is 0 Å². The van der Waals surface area contributed by atoms with Gasteiger partial charge in [-0.2, -0.15) is 0 Å². The average molecular weight is 267 g/mol. The van der Waals surface area contributed by atoms with Crippen LogP contribution in [0.5, 0.6) is 0 Å². The number of aromatic nitrogens is 2. The highest BCUT2D eigenvalue weighted by molar-refractivity contribution is 5.03. The third-order valence-electron chi connectivity index (χ3n) is 3.77. The van der Waals surface area contributed by atoms with E-state index in [1.165, 1.54) is 25.2 Å². The van der Waals surface area contributed by atoms with Crippen LogP contribution >= 0.6 is 0 Å². The lowest BCUT2D eigenvalue weighted by Crippen LogP contribution is -2.37. The van der Waals surface area contributed by atoms with E-state index in [-0.39, 0.29) is 0 Å². The zero-order valence-electron chi connectivity index (χ0n) is 12.0. The van der Waals surface area contributed by atoms with E-state index < -0.39 is 0 Å². The molecule has 2 heterocycles. The fraction of sp³-hybridized carbons (Fsp3) is 0.786. The first-order valence-corrected chi connectivity index (χ1v) is 7.06. The predicted octanol–water partition coefficient (Wildman–Crippen LogP) is 1.36. The zero-order chi connectivity index (χ0) is 13.5. The number of ether oxygens (including phenoxy) is 2. The van der Waals surface area contributed by atoms with Crippen LogP contribution in [0.2, 0.25) is 0 Å².